The van der Waals surface area contributed by atoms with Crippen LogP contribution >= 0.6 is 11.3 Å². The molecule has 0 amide bonds. The Bertz CT molecular complexity index is 1190. The van der Waals surface area contributed by atoms with Crippen LogP contribution in [-0.4, -0.2) is 15.2 Å². The standard InChI is InChI=1S/C20H14N4S/c21-16-5-3-7-22-20(16)13-8-14-11-23-24-19(14)15(9-13)18-10-12-4-1-2-6-17(12)25-18/h1-11H,21H2,(H,23,24). The Kier molecular flexibility index (Phi) is 3.08. The van der Waals surface area contributed by atoms with Gasteiger partial charge in [0.05, 0.1) is 23.1 Å². The SMILES string of the molecule is Nc1cccnc1-c1cc(-c2cc3ccccc3s2)c2[nH]ncc2c1. The van der Waals surface area contributed by atoms with E-state index in [2.05, 4.69) is 57.6 Å². The third-order valence-electron chi connectivity index (χ3n) is 4.35. The number of aromatic nitrogens is 3. The number of anilines is 1. The number of pyridine rings is 1. The second kappa shape index (κ2) is 5.43. The van der Waals surface area contributed by atoms with E-state index in [0.29, 0.717) is 5.69 Å². The van der Waals surface area contributed by atoms with Crippen molar-refractivity contribution >= 4 is 38.0 Å². The van der Waals surface area contributed by atoms with Crippen molar-refractivity contribution in [3.8, 4) is 21.7 Å². The molecule has 120 valence electrons. The average Bonchev–Trinajstić information content (AvgIpc) is 3.27. The molecule has 5 rings (SSSR count). The Morgan fingerprint density at radius 3 is 2.76 bits per heavy atom. The minimum Gasteiger partial charge on any atom is -0.397 e. The van der Waals surface area contributed by atoms with E-state index in [1.165, 1.54) is 15.0 Å². The van der Waals surface area contributed by atoms with Gasteiger partial charge in [0.2, 0.25) is 0 Å². The number of nitrogens with zero attached hydrogens (tertiary/aromatic N) is 2. The lowest BCUT2D eigenvalue weighted by atomic mass is 10.0. The first kappa shape index (κ1) is 14.2. The molecule has 0 aliphatic carbocycles. The maximum Gasteiger partial charge on any atom is 0.0931 e. The molecule has 0 atom stereocenters. The van der Waals surface area contributed by atoms with Gasteiger partial charge >= 0.3 is 0 Å². The Morgan fingerprint density at radius 1 is 0.960 bits per heavy atom. The fourth-order valence-electron chi connectivity index (χ4n) is 3.16. The molecule has 3 N–H and O–H groups in total. The maximum atomic E-state index is 6.14. The fraction of sp³-hybridized carbons (Fsp3) is 0. The van der Waals surface area contributed by atoms with Gasteiger partial charge < -0.3 is 5.73 Å². The van der Waals surface area contributed by atoms with Crippen molar-refractivity contribution in [3.05, 3.63) is 67.0 Å². The van der Waals surface area contributed by atoms with Crippen molar-refractivity contribution in [1.29, 1.82) is 0 Å². The van der Waals surface area contributed by atoms with E-state index in [4.69, 9.17) is 5.73 Å². The molecule has 3 heterocycles. The zero-order valence-corrected chi connectivity index (χ0v) is 14.0. The van der Waals surface area contributed by atoms with Crippen LogP contribution in [0.25, 0.3) is 42.7 Å². The van der Waals surface area contributed by atoms with Crippen molar-refractivity contribution in [2.24, 2.45) is 0 Å². The van der Waals surface area contributed by atoms with Crippen LogP contribution in [0.4, 0.5) is 5.69 Å². The zero-order valence-electron chi connectivity index (χ0n) is 13.2. The van der Waals surface area contributed by atoms with Crippen LogP contribution < -0.4 is 5.73 Å². The molecule has 5 heteroatoms. The summed E-state index contributed by atoms with van der Waals surface area (Å²) in [6.45, 7) is 0. The summed E-state index contributed by atoms with van der Waals surface area (Å²) in [6, 6.07) is 18.6. The van der Waals surface area contributed by atoms with Gasteiger partial charge in [-0.2, -0.15) is 5.10 Å². The zero-order chi connectivity index (χ0) is 16.8. The van der Waals surface area contributed by atoms with E-state index in [1.54, 1.807) is 17.5 Å². The lowest BCUT2D eigenvalue weighted by Crippen LogP contribution is -1.93. The minimum absolute atomic E-state index is 0.674. The molecule has 0 aliphatic rings. The van der Waals surface area contributed by atoms with Crippen molar-refractivity contribution in [2.75, 3.05) is 5.73 Å². The number of fused-ring (bicyclic) bond motifs is 2. The molecule has 0 bridgehead atoms. The van der Waals surface area contributed by atoms with Gasteiger partial charge in [-0.25, -0.2) is 0 Å². The molecule has 0 saturated heterocycles. The van der Waals surface area contributed by atoms with Gasteiger partial charge in [0.15, 0.2) is 0 Å². The van der Waals surface area contributed by atoms with Crippen molar-refractivity contribution in [3.63, 3.8) is 0 Å². The molecule has 2 aromatic carbocycles. The quantitative estimate of drug-likeness (QED) is 0.469. The van der Waals surface area contributed by atoms with Crippen LogP contribution in [0.15, 0.2) is 67.0 Å². The number of aromatic amines is 1. The Morgan fingerprint density at radius 2 is 1.88 bits per heavy atom. The first-order chi connectivity index (χ1) is 12.3. The van der Waals surface area contributed by atoms with Crippen molar-refractivity contribution in [1.82, 2.24) is 15.2 Å². The summed E-state index contributed by atoms with van der Waals surface area (Å²) in [7, 11) is 0. The van der Waals surface area contributed by atoms with Gasteiger partial charge in [-0.1, -0.05) is 18.2 Å². The van der Waals surface area contributed by atoms with Crippen LogP contribution in [0, 0.1) is 0 Å². The average molecular weight is 342 g/mol. The smallest absolute Gasteiger partial charge is 0.0931 e. The summed E-state index contributed by atoms with van der Waals surface area (Å²) in [5.74, 6) is 0. The van der Waals surface area contributed by atoms with Crippen molar-refractivity contribution in [2.45, 2.75) is 0 Å². The van der Waals surface area contributed by atoms with Crippen LogP contribution in [0.5, 0.6) is 0 Å². The van der Waals surface area contributed by atoms with E-state index < -0.39 is 0 Å². The summed E-state index contributed by atoms with van der Waals surface area (Å²) in [4.78, 5) is 5.67. The highest BCUT2D eigenvalue weighted by molar-refractivity contribution is 7.22. The van der Waals surface area contributed by atoms with Gasteiger partial charge in [-0.05, 0) is 41.8 Å². The Balaban J connectivity index is 1.80. The molecule has 0 aliphatic heterocycles. The number of nitrogens with one attached hydrogen (secondary N) is 1. The van der Waals surface area contributed by atoms with Gasteiger partial charge in [0.25, 0.3) is 0 Å². The highest BCUT2D eigenvalue weighted by Crippen LogP contribution is 2.39. The topological polar surface area (TPSA) is 67.6 Å². The molecule has 4 nitrogen and oxygen atoms in total. The van der Waals surface area contributed by atoms with E-state index >= 15 is 0 Å². The molecule has 0 spiro atoms. The second-order valence-electron chi connectivity index (χ2n) is 5.95. The third kappa shape index (κ3) is 2.28. The summed E-state index contributed by atoms with van der Waals surface area (Å²) in [5.41, 5.74) is 10.8. The highest BCUT2D eigenvalue weighted by Gasteiger charge is 2.13. The number of hydrogen-bond donors (Lipinski definition) is 2. The Hall–Kier alpha value is -3.18. The molecule has 3 aromatic heterocycles. The largest absolute Gasteiger partial charge is 0.397 e. The third-order valence-corrected chi connectivity index (χ3v) is 5.50. The van der Waals surface area contributed by atoms with E-state index in [1.807, 2.05) is 18.3 Å². The second-order valence-corrected chi connectivity index (χ2v) is 7.03. The van der Waals surface area contributed by atoms with Gasteiger partial charge in [-0.3, -0.25) is 10.1 Å². The number of hydrogen-bond acceptors (Lipinski definition) is 4. The first-order valence-corrected chi connectivity index (χ1v) is 8.78. The molecular formula is C20H14N4S. The predicted octanol–water partition coefficient (Wildman–Crippen LogP) is 5.09. The highest BCUT2D eigenvalue weighted by atomic mass is 32.1. The molecule has 0 radical (unpaired) electrons. The number of thiophene rings is 1. The lowest BCUT2D eigenvalue weighted by molar-refractivity contribution is 1.12. The van der Waals surface area contributed by atoms with Gasteiger partial charge in [0, 0.05) is 32.3 Å². The fourth-order valence-corrected chi connectivity index (χ4v) is 4.25. The molecule has 0 fully saturated rings. The van der Waals surface area contributed by atoms with Gasteiger partial charge in [0.1, 0.15) is 0 Å². The summed E-state index contributed by atoms with van der Waals surface area (Å²) < 4.78 is 1.27. The van der Waals surface area contributed by atoms with Crippen molar-refractivity contribution < 1.29 is 0 Å². The van der Waals surface area contributed by atoms with Crippen LogP contribution in [0.1, 0.15) is 0 Å². The van der Waals surface area contributed by atoms with E-state index in [-0.39, 0.29) is 0 Å². The maximum absolute atomic E-state index is 6.14. The predicted molar refractivity (Wildman–Crippen MR) is 105 cm³/mol. The first-order valence-electron chi connectivity index (χ1n) is 7.96. The van der Waals surface area contributed by atoms with Crippen LogP contribution in [0.3, 0.4) is 0 Å². The number of nitrogen functional groups attached to an aromatic ring is 1. The summed E-state index contributed by atoms with van der Waals surface area (Å²) in [6.07, 6.45) is 3.61. The normalized spacial score (nSPS) is 11.4. The Labute approximate surface area is 148 Å². The number of nitrogens with two attached hydrogens (primary N) is 1. The number of H-pyrrole nitrogens is 1. The summed E-state index contributed by atoms with van der Waals surface area (Å²) >= 11 is 1.78. The van der Waals surface area contributed by atoms with Crippen LogP contribution in [-0.2, 0) is 0 Å². The van der Waals surface area contributed by atoms with E-state index in [9.17, 15) is 0 Å². The van der Waals surface area contributed by atoms with E-state index in [0.717, 1.165) is 27.7 Å². The molecular weight excluding hydrogens is 328 g/mol. The molecule has 0 unspecified atom stereocenters. The van der Waals surface area contributed by atoms with Crippen LogP contribution in [0.2, 0.25) is 0 Å². The molecule has 0 saturated carbocycles. The molecule has 5 aromatic rings. The molecule has 25 heavy (non-hydrogen) atoms. The minimum atomic E-state index is 0.674. The monoisotopic (exact) mass is 342 g/mol. The summed E-state index contributed by atoms with van der Waals surface area (Å²) in [5, 5.41) is 9.65. The number of rotatable bonds is 2. The number of benzene rings is 2. The van der Waals surface area contributed by atoms with Gasteiger partial charge in [-0.15, -0.1) is 11.3 Å². The lowest BCUT2D eigenvalue weighted by Gasteiger charge is -2.08.